The monoisotopic (exact) mass is 439 g/mol. The van der Waals surface area contributed by atoms with Crippen molar-refractivity contribution in [3.05, 3.63) is 95.2 Å². The number of nitrogens with zero attached hydrogens (tertiary/aromatic N) is 2. The molecular weight excluding hydrogens is 418 g/mol. The molecule has 0 radical (unpaired) electrons. The van der Waals surface area contributed by atoms with Crippen LogP contribution in [-0.4, -0.2) is 22.3 Å². The zero-order valence-corrected chi connectivity index (χ0v) is 17.9. The largest absolute Gasteiger partial charge is 0.457 e. The quantitative estimate of drug-likeness (QED) is 0.461. The van der Waals surface area contributed by atoms with Gasteiger partial charge in [0.15, 0.2) is 11.5 Å². The van der Waals surface area contributed by atoms with Gasteiger partial charge in [-0.1, -0.05) is 48.5 Å². The Hall–Kier alpha value is -4.26. The third kappa shape index (κ3) is 3.29. The molecule has 2 aliphatic heterocycles. The van der Waals surface area contributed by atoms with Crippen molar-refractivity contribution in [2.24, 2.45) is 0 Å². The molecular formula is C26H21N3O4. The zero-order valence-electron chi connectivity index (χ0n) is 17.9. The van der Waals surface area contributed by atoms with Crippen LogP contribution in [0.5, 0.6) is 11.5 Å². The summed E-state index contributed by atoms with van der Waals surface area (Å²) in [5, 5.41) is 3.31. The molecule has 3 aromatic carbocycles. The van der Waals surface area contributed by atoms with Crippen molar-refractivity contribution in [2.75, 3.05) is 12.1 Å². The topological polar surface area (TPSA) is 74.6 Å². The van der Waals surface area contributed by atoms with E-state index in [2.05, 4.69) is 5.32 Å². The van der Waals surface area contributed by atoms with Gasteiger partial charge in [0.2, 0.25) is 12.7 Å². The van der Waals surface area contributed by atoms with Crippen LogP contribution in [0.3, 0.4) is 0 Å². The highest BCUT2D eigenvalue weighted by atomic mass is 16.7. The maximum atomic E-state index is 13.5. The molecule has 0 amide bonds. The van der Waals surface area contributed by atoms with E-state index in [9.17, 15) is 4.79 Å². The molecule has 6 rings (SSSR count). The van der Waals surface area contributed by atoms with Crippen molar-refractivity contribution in [3.8, 4) is 11.5 Å². The molecule has 1 unspecified atom stereocenters. The number of aromatic nitrogens is 2. The number of benzene rings is 3. The smallest absolute Gasteiger partial charge is 0.338 e. The molecule has 2 aliphatic rings. The van der Waals surface area contributed by atoms with Gasteiger partial charge in [0, 0.05) is 5.70 Å². The van der Waals surface area contributed by atoms with Crippen molar-refractivity contribution in [1.29, 1.82) is 0 Å². The maximum absolute atomic E-state index is 13.5. The molecule has 1 aromatic heterocycles. The fourth-order valence-corrected chi connectivity index (χ4v) is 4.43. The van der Waals surface area contributed by atoms with Crippen LogP contribution < -0.4 is 14.8 Å². The Labute approximate surface area is 190 Å². The lowest BCUT2D eigenvalue weighted by Crippen LogP contribution is -2.29. The number of allylic oxidation sites excluding steroid dienone is 1. The Kier molecular flexibility index (Phi) is 4.54. The molecule has 0 bridgehead atoms. The first-order chi connectivity index (χ1) is 16.2. The average Bonchev–Trinajstić information content (AvgIpc) is 3.46. The van der Waals surface area contributed by atoms with Gasteiger partial charge in [-0.2, -0.15) is 0 Å². The molecule has 0 spiro atoms. The number of esters is 1. The third-order valence-corrected chi connectivity index (χ3v) is 5.98. The number of hydrogen-bond acceptors (Lipinski definition) is 6. The Morgan fingerprint density at radius 3 is 2.73 bits per heavy atom. The first kappa shape index (κ1) is 19.4. The standard InChI is InChI=1S/C26H21N3O4/c1-16-23(25(30)31-14-17-7-3-2-4-8-17)24(18-11-12-21-22(13-18)33-15-32-21)29-20-10-6-5-9-19(20)28-26(29)27-16/h2-13,24H,14-15H2,1H3,(H,27,28). The fraction of sp³-hybridized carbons (Fsp3) is 0.154. The highest BCUT2D eigenvalue weighted by molar-refractivity contribution is 5.94. The molecule has 7 heteroatoms. The van der Waals surface area contributed by atoms with Gasteiger partial charge in [-0.05, 0) is 42.3 Å². The summed E-state index contributed by atoms with van der Waals surface area (Å²) in [7, 11) is 0. The van der Waals surface area contributed by atoms with Gasteiger partial charge in [0.25, 0.3) is 0 Å². The summed E-state index contributed by atoms with van der Waals surface area (Å²) in [6.07, 6.45) is 0. The van der Waals surface area contributed by atoms with Gasteiger partial charge in [0.1, 0.15) is 6.61 Å². The van der Waals surface area contributed by atoms with Crippen LogP contribution in [0.4, 0.5) is 5.95 Å². The number of imidazole rings is 1. The summed E-state index contributed by atoms with van der Waals surface area (Å²) in [5.74, 6) is 1.65. The van der Waals surface area contributed by atoms with Crippen molar-refractivity contribution in [1.82, 2.24) is 9.55 Å². The van der Waals surface area contributed by atoms with E-state index in [0.717, 1.165) is 22.2 Å². The summed E-state index contributed by atoms with van der Waals surface area (Å²) in [4.78, 5) is 18.2. The lowest BCUT2D eigenvalue weighted by molar-refractivity contribution is -0.140. The first-order valence-corrected chi connectivity index (χ1v) is 10.7. The SMILES string of the molecule is CC1=C(C(=O)OCc2ccccc2)C(c2ccc3c(c2)OCO3)n2c(nc3ccccc32)N1. The number of anilines is 1. The zero-order chi connectivity index (χ0) is 22.4. The van der Waals surface area contributed by atoms with Gasteiger partial charge >= 0.3 is 5.97 Å². The molecule has 7 nitrogen and oxygen atoms in total. The van der Waals surface area contributed by atoms with E-state index in [1.165, 1.54) is 0 Å². The number of carbonyl (C=O) groups is 1. The van der Waals surface area contributed by atoms with E-state index < -0.39 is 6.04 Å². The minimum absolute atomic E-state index is 0.186. The summed E-state index contributed by atoms with van der Waals surface area (Å²) in [5.41, 5.74) is 4.82. The molecule has 0 saturated heterocycles. The molecule has 33 heavy (non-hydrogen) atoms. The fourth-order valence-electron chi connectivity index (χ4n) is 4.43. The van der Waals surface area contributed by atoms with Crippen LogP contribution in [0, 0.1) is 0 Å². The van der Waals surface area contributed by atoms with Crippen LogP contribution in [0.2, 0.25) is 0 Å². The van der Waals surface area contributed by atoms with Crippen molar-refractivity contribution in [2.45, 2.75) is 19.6 Å². The second-order valence-corrected chi connectivity index (χ2v) is 8.03. The number of nitrogens with one attached hydrogen (secondary N) is 1. The summed E-state index contributed by atoms with van der Waals surface area (Å²) < 4.78 is 18.9. The summed E-state index contributed by atoms with van der Waals surface area (Å²) in [6, 6.07) is 22.9. The highest BCUT2D eigenvalue weighted by Gasteiger charge is 2.35. The molecule has 164 valence electrons. The predicted octanol–water partition coefficient (Wildman–Crippen LogP) is 4.80. The Morgan fingerprint density at radius 2 is 1.85 bits per heavy atom. The molecule has 0 aliphatic carbocycles. The summed E-state index contributed by atoms with van der Waals surface area (Å²) >= 11 is 0. The third-order valence-electron chi connectivity index (χ3n) is 5.98. The van der Waals surface area contributed by atoms with E-state index in [0.29, 0.717) is 28.7 Å². The van der Waals surface area contributed by atoms with Crippen molar-refractivity contribution >= 4 is 23.0 Å². The Balaban J connectivity index is 1.46. The number of carbonyl (C=O) groups excluding carboxylic acids is 1. The molecule has 0 saturated carbocycles. The highest BCUT2D eigenvalue weighted by Crippen LogP contribution is 2.42. The lowest BCUT2D eigenvalue weighted by Gasteiger charge is -2.30. The average molecular weight is 439 g/mol. The van der Waals surface area contributed by atoms with Crippen molar-refractivity contribution in [3.63, 3.8) is 0 Å². The second kappa shape index (κ2) is 7.70. The van der Waals surface area contributed by atoms with E-state index in [1.807, 2.05) is 84.3 Å². The minimum atomic E-state index is -0.438. The lowest BCUT2D eigenvalue weighted by atomic mass is 9.94. The Bertz CT molecular complexity index is 1410. The molecule has 1 N–H and O–H groups in total. The van der Waals surface area contributed by atoms with Crippen LogP contribution in [0.15, 0.2) is 84.1 Å². The first-order valence-electron chi connectivity index (χ1n) is 10.7. The van der Waals surface area contributed by atoms with E-state index in [4.69, 9.17) is 19.2 Å². The molecule has 1 atom stereocenters. The second-order valence-electron chi connectivity index (χ2n) is 8.03. The van der Waals surface area contributed by atoms with Crippen molar-refractivity contribution < 1.29 is 19.0 Å². The van der Waals surface area contributed by atoms with Crippen LogP contribution in [0.1, 0.15) is 24.1 Å². The van der Waals surface area contributed by atoms with Crippen LogP contribution in [-0.2, 0) is 16.1 Å². The van der Waals surface area contributed by atoms with E-state index >= 15 is 0 Å². The summed E-state index contributed by atoms with van der Waals surface area (Å²) in [6.45, 7) is 2.26. The minimum Gasteiger partial charge on any atom is -0.457 e. The van der Waals surface area contributed by atoms with Gasteiger partial charge in [0.05, 0.1) is 22.6 Å². The maximum Gasteiger partial charge on any atom is 0.338 e. The molecule has 0 fully saturated rings. The van der Waals surface area contributed by atoms with Gasteiger partial charge in [-0.3, -0.25) is 4.57 Å². The van der Waals surface area contributed by atoms with Crippen LogP contribution in [0.25, 0.3) is 11.0 Å². The van der Waals surface area contributed by atoms with Gasteiger partial charge in [-0.25, -0.2) is 9.78 Å². The number of ether oxygens (including phenoxy) is 3. The van der Waals surface area contributed by atoms with E-state index in [-0.39, 0.29) is 19.4 Å². The predicted molar refractivity (Wildman–Crippen MR) is 123 cm³/mol. The van der Waals surface area contributed by atoms with Gasteiger partial charge in [-0.15, -0.1) is 0 Å². The van der Waals surface area contributed by atoms with E-state index in [1.54, 1.807) is 0 Å². The van der Waals surface area contributed by atoms with Crippen LogP contribution >= 0.6 is 0 Å². The Morgan fingerprint density at radius 1 is 1.06 bits per heavy atom. The molecule has 3 heterocycles. The number of hydrogen-bond donors (Lipinski definition) is 1. The number of fused-ring (bicyclic) bond motifs is 4. The molecule has 4 aromatic rings. The van der Waals surface area contributed by atoms with Gasteiger partial charge < -0.3 is 19.5 Å². The number of para-hydroxylation sites is 2. The normalized spacial score (nSPS) is 16.5. The number of rotatable bonds is 4.